The lowest BCUT2D eigenvalue weighted by Gasteiger charge is -2.25. The molecule has 0 saturated carbocycles. The van der Waals surface area contributed by atoms with Crippen LogP contribution >= 0.6 is 0 Å². The minimum atomic E-state index is -0.657. The maximum atomic E-state index is 13.7. The van der Waals surface area contributed by atoms with E-state index in [9.17, 15) is 9.18 Å². The molecule has 0 radical (unpaired) electrons. The number of nitriles is 1. The summed E-state index contributed by atoms with van der Waals surface area (Å²) >= 11 is 0. The van der Waals surface area contributed by atoms with Crippen LogP contribution < -0.4 is 11.1 Å². The van der Waals surface area contributed by atoms with E-state index in [2.05, 4.69) is 11.4 Å². The highest BCUT2D eigenvalue weighted by Gasteiger charge is 2.18. The fourth-order valence-corrected chi connectivity index (χ4v) is 1.82. The van der Waals surface area contributed by atoms with E-state index in [4.69, 9.17) is 11.0 Å². The van der Waals surface area contributed by atoms with Crippen LogP contribution in [0.1, 0.15) is 42.6 Å². The van der Waals surface area contributed by atoms with Crippen molar-refractivity contribution in [3.63, 3.8) is 0 Å². The summed E-state index contributed by atoms with van der Waals surface area (Å²) in [5.74, 6) is -1.12. The van der Waals surface area contributed by atoms with Gasteiger partial charge in [0.2, 0.25) is 5.91 Å². The van der Waals surface area contributed by atoms with Crippen molar-refractivity contribution in [2.24, 2.45) is 11.1 Å². The van der Waals surface area contributed by atoms with E-state index in [-0.39, 0.29) is 11.0 Å². The average molecular weight is 277 g/mol. The number of carbonyl (C=O) groups is 1. The van der Waals surface area contributed by atoms with Gasteiger partial charge in [-0.15, -0.1) is 0 Å². The first-order chi connectivity index (χ1) is 9.26. The highest BCUT2D eigenvalue weighted by atomic mass is 19.1. The Balaban J connectivity index is 2.87. The van der Waals surface area contributed by atoms with Crippen molar-refractivity contribution in [1.29, 1.82) is 5.26 Å². The molecule has 0 aliphatic carbocycles. The zero-order chi connectivity index (χ0) is 15.3. The van der Waals surface area contributed by atoms with Gasteiger partial charge in [0, 0.05) is 29.8 Å². The summed E-state index contributed by atoms with van der Waals surface area (Å²) in [6, 6.07) is 4.82. The van der Waals surface area contributed by atoms with Gasteiger partial charge in [-0.1, -0.05) is 13.8 Å². The summed E-state index contributed by atoms with van der Waals surface area (Å²) in [6.45, 7) is 6.28. The lowest BCUT2D eigenvalue weighted by molar-refractivity contribution is 0.1000. The third-order valence-corrected chi connectivity index (χ3v) is 3.30. The van der Waals surface area contributed by atoms with Crippen LogP contribution in [-0.2, 0) is 0 Å². The van der Waals surface area contributed by atoms with Crippen LogP contribution in [0.15, 0.2) is 12.1 Å². The Bertz CT molecular complexity index is 547. The molecule has 0 atom stereocenters. The number of anilines is 1. The van der Waals surface area contributed by atoms with Crippen LogP contribution in [0.5, 0.6) is 0 Å². The molecule has 0 aromatic heterocycles. The maximum Gasteiger partial charge on any atom is 0.248 e. The lowest BCUT2D eigenvalue weighted by Crippen LogP contribution is -2.23. The molecule has 0 aliphatic heterocycles. The number of hydrogen-bond donors (Lipinski definition) is 2. The number of nitrogens with zero attached hydrogens (tertiary/aromatic N) is 1. The number of nitrogens with two attached hydrogens (primary N) is 1. The second-order valence-corrected chi connectivity index (χ2v) is 5.67. The highest BCUT2D eigenvalue weighted by Crippen LogP contribution is 2.26. The van der Waals surface area contributed by atoms with Crippen molar-refractivity contribution in [3.05, 3.63) is 29.1 Å². The van der Waals surface area contributed by atoms with Gasteiger partial charge in [-0.05, 0) is 30.9 Å². The number of halogens is 1. The molecule has 0 unspecified atom stereocenters. The van der Waals surface area contributed by atoms with E-state index in [1.807, 2.05) is 13.8 Å². The molecule has 20 heavy (non-hydrogen) atoms. The van der Waals surface area contributed by atoms with Crippen LogP contribution in [-0.4, -0.2) is 12.5 Å². The average Bonchev–Trinajstić information content (AvgIpc) is 2.37. The third-order valence-electron chi connectivity index (χ3n) is 3.30. The summed E-state index contributed by atoms with van der Waals surface area (Å²) < 4.78 is 13.7. The predicted molar refractivity (Wildman–Crippen MR) is 76.8 cm³/mol. The van der Waals surface area contributed by atoms with Gasteiger partial charge in [-0.2, -0.15) is 5.26 Å². The summed E-state index contributed by atoms with van der Waals surface area (Å²) in [4.78, 5) is 11.2. The second-order valence-electron chi connectivity index (χ2n) is 5.67. The second kappa shape index (κ2) is 6.38. The van der Waals surface area contributed by atoms with E-state index in [0.717, 1.165) is 12.5 Å². The zero-order valence-corrected chi connectivity index (χ0v) is 12.1. The Labute approximate surface area is 118 Å². The lowest BCUT2D eigenvalue weighted by atomic mass is 9.88. The van der Waals surface area contributed by atoms with Crippen LogP contribution in [0, 0.1) is 29.5 Å². The fourth-order valence-electron chi connectivity index (χ4n) is 1.82. The topological polar surface area (TPSA) is 78.9 Å². The van der Waals surface area contributed by atoms with Crippen molar-refractivity contribution in [1.82, 2.24) is 0 Å². The molecule has 108 valence electrons. The number of amides is 1. The van der Waals surface area contributed by atoms with Crippen molar-refractivity contribution in [2.45, 2.75) is 33.6 Å². The first-order valence-corrected chi connectivity index (χ1v) is 6.47. The van der Waals surface area contributed by atoms with E-state index in [0.29, 0.717) is 24.2 Å². The summed E-state index contributed by atoms with van der Waals surface area (Å²) in [5, 5.41) is 11.8. The molecule has 0 saturated heterocycles. The Kier molecular flexibility index (Phi) is 5.09. The predicted octanol–water partition coefficient (Wildman–Crippen LogP) is 2.97. The summed E-state index contributed by atoms with van der Waals surface area (Å²) in [7, 11) is 0. The van der Waals surface area contributed by atoms with Gasteiger partial charge in [-0.3, -0.25) is 4.79 Å². The molecule has 0 bridgehead atoms. The van der Waals surface area contributed by atoms with Gasteiger partial charge < -0.3 is 11.1 Å². The Morgan fingerprint density at radius 2 is 2.15 bits per heavy atom. The first-order valence-electron chi connectivity index (χ1n) is 6.47. The minimum absolute atomic E-state index is 0.0959. The molecule has 1 rings (SSSR count). The van der Waals surface area contributed by atoms with E-state index < -0.39 is 11.7 Å². The van der Waals surface area contributed by atoms with Gasteiger partial charge >= 0.3 is 0 Å². The molecule has 0 fully saturated rings. The van der Waals surface area contributed by atoms with Gasteiger partial charge in [0.1, 0.15) is 5.82 Å². The van der Waals surface area contributed by atoms with Crippen LogP contribution in [0.25, 0.3) is 0 Å². The van der Waals surface area contributed by atoms with Crippen LogP contribution in [0.2, 0.25) is 0 Å². The van der Waals surface area contributed by atoms with E-state index >= 15 is 0 Å². The van der Waals surface area contributed by atoms with Crippen molar-refractivity contribution in [2.75, 3.05) is 11.9 Å². The van der Waals surface area contributed by atoms with Crippen LogP contribution in [0.3, 0.4) is 0 Å². The summed E-state index contributed by atoms with van der Waals surface area (Å²) in [6.07, 6.45) is 1.22. The van der Waals surface area contributed by atoms with E-state index in [1.165, 1.54) is 0 Å². The molecule has 1 aromatic rings. The molecule has 4 nitrogen and oxygen atoms in total. The Morgan fingerprint density at radius 3 is 2.70 bits per heavy atom. The first kappa shape index (κ1) is 16.0. The van der Waals surface area contributed by atoms with Gasteiger partial charge in [0.25, 0.3) is 0 Å². The molecule has 0 heterocycles. The Morgan fingerprint density at radius 1 is 1.50 bits per heavy atom. The smallest absolute Gasteiger partial charge is 0.248 e. The number of rotatable bonds is 6. The highest BCUT2D eigenvalue weighted by molar-refractivity contribution is 5.94. The zero-order valence-electron chi connectivity index (χ0n) is 12.1. The molecule has 1 amide bonds. The molecule has 3 N–H and O–H groups in total. The van der Waals surface area contributed by atoms with Gasteiger partial charge in [0.05, 0.1) is 6.07 Å². The quantitative estimate of drug-likeness (QED) is 0.839. The van der Waals surface area contributed by atoms with Crippen molar-refractivity contribution >= 4 is 11.6 Å². The number of carbonyl (C=O) groups excluding carboxylic acids is 1. The monoisotopic (exact) mass is 277 g/mol. The largest absolute Gasteiger partial charge is 0.384 e. The number of primary amides is 1. The Hall–Kier alpha value is -2.09. The SMILES string of the molecule is Cc1c(F)cc(C(N)=O)cc1NCC(C)(C)CCC#N. The molecular formula is C15H20FN3O. The van der Waals surface area contributed by atoms with E-state index in [1.54, 1.807) is 13.0 Å². The molecule has 1 aromatic carbocycles. The molecule has 0 aliphatic rings. The number of benzene rings is 1. The molecular weight excluding hydrogens is 257 g/mol. The van der Waals surface area contributed by atoms with Crippen molar-refractivity contribution < 1.29 is 9.18 Å². The standard InChI is InChI=1S/C15H20FN3O/c1-10-12(16)7-11(14(18)20)8-13(10)19-9-15(2,3)5-4-6-17/h7-8,19H,4-5,9H2,1-3H3,(H2,18,20). The van der Waals surface area contributed by atoms with Crippen molar-refractivity contribution in [3.8, 4) is 6.07 Å². The number of nitrogens with one attached hydrogen (secondary N) is 1. The third kappa shape index (κ3) is 4.23. The minimum Gasteiger partial charge on any atom is -0.384 e. The number of hydrogen-bond acceptors (Lipinski definition) is 3. The molecule has 5 heteroatoms. The van der Waals surface area contributed by atoms with Gasteiger partial charge in [-0.25, -0.2) is 4.39 Å². The van der Waals surface area contributed by atoms with Crippen LogP contribution in [0.4, 0.5) is 10.1 Å². The maximum absolute atomic E-state index is 13.7. The normalized spacial score (nSPS) is 10.9. The fraction of sp³-hybridized carbons (Fsp3) is 0.467. The summed E-state index contributed by atoms with van der Waals surface area (Å²) in [5.41, 5.74) is 6.24. The van der Waals surface area contributed by atoms with Gasteiger partial charge in [0.15, 0.2) is 0 Å². The molecule has 0 spiro atoms.